The van der Waals surface area contributed by atoms with E-state index in [1.807, 2.05) is 0 Å². The quantitative estimate of drug-likeness (QED) is 0.600. The lowest BCUT2D eigenvalue weighted by atomic mass is 9.89. The standard InChI is InChI=1S/C26H30N2O/c1-19-13-15-24(26(28-19)21-11-7-4-8-12-21)27-18-23-17-22(14-16-25(23)29-2)20-9-5-3-6-10-20/h3-12,14,16-17,19,24,26-28H,13,15,18H2,1-2H3. The highest BCUT2D eigenvalue weighted by Crippen LogP contribution is 2.29. The van der Waals surface area contributed by atoms with Crippen LogP contribution in [0.15, 0.2) is 78.9 Å². The number of benzene rings is 3. The fourth-order valence-electron chi connectivity index (χ4n) is 4.28. The number of rotatable bonds is 6. The predicted octanol–water partition coefficient (Wildman–Crippen LogP) is 5.33. The number of nitrogens with one attached hydrogen (secondary N) is 2. The van der Waals surface area contributed by atoms with Gasteiger partial charge in [0.05, 0.1) is 7.11 Å². The van der Waals surface area contributed by atoms with Crippen LogP contribution in [-0.4, -0.2) is 19.2 Å². The van der Waals surface area contributed by atoms with Crippen molar-refractivity contribution in [2.45, 2.75) is 44.4 Å². The molecule has 29 heavy (non-hydrogen) atoms. The van der Waals surface area contributed by atoms with Crippen LogP contribution in [0.5, 0.6) is 5.75 Å². The summed E-state index contributed by atoms with van der Waals surface area (Å²) < 4.78 is 5.65. The van der Waals surface area contributed by atoms with Crippen molar-refractivity contribution < 1.29 is 4.74 Å². The minimum absolute atomic E-state index is 0.322. The van der Waals surface area contributed by atoms with Crippen molar-refractivity contribution in [3.63, 3.8) is 0 Å². The lowest BCUT2D eigenvalue weighted by Gasteiger charge is -2.37. The summed E-state index contributed by atoms with van der Waals surface area (Å²) in [5.74, 6) is 0.936. The smallest absolute Gasteiger partial charge is 0.123 e. The van der Waals surface area contributed by atoms with Crippen LogP contribution in [0.4, 0.5) is 0 Å². The van der Waals surface area contributed by atoms with E-state index in [-0.39, 0.29) is 0 Å². The van der Waals surface area contributed by atoms with Gasteiger partial charge in [0.25, 0.3) is 0 Å². The molecular weight excluding hydrogens is 356 g/mol. The van der Waals surface area contributed by atoms with Crippen LogP contribution in [0.2, 0.25) is 0 Å². The summed E-state index contributed by atoms with van der Waals surface area (Å²) in [6.45, 7) is 3.06. The first kappa shape index (κ1) is 19.7. The number of methoxy groups -OCH3 is 1. The van der Waals surface area contributed by atoms with Gasteiger partial charge in [-0.3, -0.25) is 0 Å². The summed E-state index contributed by atoms with van der Waals surface area (Å²) in [7, 11) is 1.75. The molecule has 3 heteroatoms. The van der Waals surface area contributed by atoms with E-state index in [2.05, 4.69) is 96.4 Å². The second kappa shape index (κ2) is 9.25. The molecule has 3 atom stereocenters. The van der Waals surface area contributed by atoms with E-state index < -0.39 is 0 Å². The van der Waals surface area contributed by atoms with E-state index >= 15 is 0 Å². The second-order valence-corrected chi connectivity index (χ2v) is 7.91. The maximum Gasteiger partial charge on any atom is 0.123 e. The minimum Gasteiger partial charge on any atom is -0.496 e. The van der Waals surface area contributed by atoms with E-state index in [1.165, 1.54) is 28.7 Å². The number of hydrogen-bond acceptors (Lipinski definition) is 3. The Morgan fingerprint density at radius 2 is 1.62 bits per heavy atom. The molecule has 1 heterocycles. The zero-order valence-corrected chi connectivity index (χ0v) is 17.3. The molecule has 3 nitrogen and oxygen atoms in total. The Balaban J connectivity index is 1.54. The normalized spacial score (nSPS) is 21.7. The first-order valence-corrected chi connectivity index (χ1v) is 10.5. The van der Waals surface area contributed by atoms with Crippen LogP contribution in [0.25, 0.3) is 11.1 Å². The van der Waals surface area contributed by atoms with Gasteiger partial charge in [-0.1, -0.05) is 66.7 Å². The zero-order chi connectivity index (χ0) is 20.1. The molecule has 0 aromatic heterocycles. The van der Waals surface area contributed by atoms with Crippen LogP contribution >= 0.6 is 0 Å². The van der Waals surface area contributed by atoms with Crippen LogP contribution < -0.4 is 15.4 Å². The summed E-state index contributed by atoms with van der Waals surface area (Å²) in [5, 5.41) is 7.61. The fourth-order valence-corrected chi connectivity index (χ4v) is 4.28. The van der Waals surface area contributed by atoms with Gasteiger partial charge in [-0.15, -0.1) is 0 Å². The van der Waals surface area contributed by atoms with Crippen LogP contribution in [0.1, 0.15) is 36.9 Å². The summed E-state index contributed by atoms with van der Waals surface area (Å²) >= 11 is 0. The Kier molecular flexibility index (Phi) is 6.28. The average molecular weight is 387 g/mol. The molecule has 3 aromatic rings. The predicted molar refractivity (Wildman–Crippen MR) is 120 cm³/mol. The molecule has 150 valence electrons. The van der Waals surface area contributed by atoms with Crippen LogP contribution in [0.3, 0.4) is 0 Å². The molecule has 0 amide bonds. The van der Waals surface area contributed by atoms with Gasteiger partial charge in [-0.2, -0.15) is 0 Å². The Hall–Kier alpha value is -2.62. The lowest BCUT2D eigenvalue weighted by molar-refractivity contribution is 0.260. The van der Waals surface area contributed by atoms with E-state index in [0.29, 0.717) is 18.1 Å². The SMILES string of the molecule is COc1ccc(-c2ccccc2)cc1CNC1CCC(C)NC1c1ccccc1. The first-order valence-electron chi connectivity index (χ1n) is 10.5. The average Bonchev–Trinajstić information content (AvgIpc) is 2.79. The van der Waals surface area contributed by atoms with Crippen molar-refractivity contribution in [3.05, 3.63) is 90.0 Å². The lowest BCUT2D eigenvalue weighted by Crippen LogP contribution is -2.49. The molecular formula is C26H30N2O. The van der Waals surface area contributed by atoms with Gasteiger partial charge in [-0.25, -0.2) is 0 Å². The van der Waals surface area contributed by atoms with Crippen LogP contribution in [-0.2, 0) is 6.54 Å². The maximum atomic E-state index is 5.65. The van der Waals surface area contributed by atoms with E-state index in [9.17, 15) is 0 Å². The molecule has 0 radical (unpaired) electrons. The highest BCUT2D eigenvalue weighted by atomic mass is 16.5. The molecule has 3 unspecified atom stereocenters. The van der Waals surface area contributed by atoms with Gasteiger partial charge in [0.1, 0.15) is 5.75 Å². The van der Waals surface area contributed by atoms with Crippen molar-refractivity contribution in [1.29, 1.82) is 0 Å². The first-order chi connectivity index (χ1) is 14.2. The van der Waals surface area contributed by atoms with Crippen molar-refractivity contribution in [3.8, 4) is 16.9 Å². The zero-order valence-electron chi connectivity index (χ0n) is 17.3. The largest absolute Gasteiger partial charge is 0.496 e. The van der Waals surface area contributed by atoms with Gasteiger partial charge in [-0.05, 0) is 48.6 Å². The second-order valence-electron chi connectivity index (χ2n) is 7.91. The Morgan fingerprint density at radius 3 is 2.34 bits per heavy atom. The number of hydrogen-bond donors (Lipinski definition) is 2. The summed E-state index contributed by atoms with van der Waals surface area (Å²) in [4.78, 5) is 0. The van der Waals surface area contributed by atoms with E-state index in [4.69, 9.17) is 4.74 Å². The molecule has 3 aromatic carbocycles. The van der Waals surface area contributed by atoms with Crippen molar-refractivity contribution in [1.82, 2.24) is 10.6 Å². The summed E-state index contributed by atoms with van der Waals surface area (Å²) in [6.07, 6.45) is 2.34. The van der Waals surface area contributed by atoms with E-state index in [0.717, 1.165) is 18.7 Å². The molecule has 1 saturated heterocycles. The molecule has 1 fully saturated rings. The third-order valence-electron chi connectivity index (χ3n) is 5.88. The van der Waals surface area contributed by atoms with E-state index in [1.54, 1.807) is 7.11 Å². The minimum atomic E-state index is 0.322. The Bertz CT molecular complexity index is 911. The molecule has 0 spiro atoms. The topological polar surface area (TPSA) is 33.3 Å². The Labute approximate surface area is 174 Å². The summed E-state index contributed by atoms with van der Waals surface area (Å²) in [5.41, 5.74) is 4.99. The monoisotopic (exact) mass is 386 g/mol. The van der Waals surface area contributed by atoms with Gasteiger partial charge < -0.3 is 15.4 Å². The van der Waals surface area contributed by atoms with Crippen molar-refractivity contribution in [2.24, 2.45) is 0 Å². The molecule has 0 saturated carbocycles. The molecule has 0 bridgehead atoms. The Morgan fingerprint density at radius 1 is 0.897 bits per heavy atom. The fraction of sp³-hybridized carbons (Fsp3) is 0.308. The van der Waals surface area contributed by atoms with Gasteiger partial charge in [0.15, 0.2) is 0 Å². The summed E-state index contributed by atoms with van der Waals surface area (Å²) in [6, 6.07) is 29.0. The van der Waals surface area contributed by atoms with Gasteiger partial charge >= 0.3 is 0 Å². The van der Waals surface area contributed by atoms with Gasteiger partial charge in [0, 0.05) is 30.2 Å². The van der Waals surface area contributed by atoms with Gasteiger partial charge in [0.2, 0.25) is 0 Å². The third-order valence-corrected chi connectivity index (χ3v) is 5.88. The maximum absolute atomic E-state index is 5.65. The van der Waals surface area contributed by atoms with Crippen molar-refractivity contribution >= 4 is 0 Å². The molecule has 4 rings (SSSR count). The number of piperidine rings is 1. The van der Waals surface area contributed by atoms with Crippen LogP contribution in [0, 0.1) is 0 Å². The number of ether oxygens (including phenoxy) is 1. The highest BCUT2D eigenvalue weighted by Gasteiger charge is 2.29. The highest BCUT2D eigenvalue weighted by molar-refractivity contribution is 5.65. The molecule has 0 aliphatic carbocycles. The molecule has 1 aliphatic rings. The molecule has 1 aliphatic heterocycles. The van der Waals surface area contributed by atoms with Crippen molar-refractivity contribution in [2.75, 3.05) is 7.11 Å². The molecule has 2 N–H and O–H groups in total. The third kappa shape index (κ3) is 4.69.